The molecule has 0 radical (unpaired) electrons. The third kappa shape index (κ3) is 3.22. The van der Waals surface area contributed by atoms with Gasteiger partial charge in [0.15, 0.2) is 0 Å². The molecule has 16 heavy (non-hydrogen) atoms. The molecule has 1 aliphatic carbocycles. The van der Waals surface area contributed by atoms with E-state index in [1.807, 2.05) is 0 Å². The van der Waals surface area contributed by atoms with Crippen molar-refractivity contribution in [3.05, 3.63) is 0 Å². The Morgan fingerprint density at radius 1 is 1.38 bits per heavy atom. The van der Waals surface area contributed by atoms with Crippen molar-refractivity contribution in [1.29, 1.82) is 0 Å². The molecule has 1 rings (SSSR count). The van der Waals surface area contributed by atoms with Crippen LogP contribution < -0.4 is 11.1 Å². The highest BCUT2D eigenvalue weighted by molar-refractivity contribution is 5.90. The van der Waals surface area contributed by atoms with Crippen LogP contribution in [0.3, 0.4) is 0 Å². The van der Waals surface area contributed by atoms with Crippen LogP contribution in [0, 0.1) is 11.8 Å². The maximum Gasteiger partial charge on any atom is 0.307 e. The average molecular weight is 228 g/mol. The first-order valence-electron chi connectivity index (χ1n) is 5.06. The molecule has 0 heterocycles. The Hall–Kier alpha value is -1.59. The number of hydrogen-bond donors (Lipinski definition) is 3. The number of carbonyl (C=O) groups is 3. The summed E-state index contributed by atoms with van der Waals surface area (Å²) in [6, 6.07) is 0. The molecule has 0 saturated heterocycles. The van der Waals surface area contributed by atoms with E-state index in [9.17, 15) is 14.4 Å². The number of primary amides is 1. The lowest BCUT2D eigenvalue weighted by atomic mass is 10.00. The molecular formula is C10H16N2O4. The Morgan fingerprint density at radius 2 is 1.94 bits per heavy atom. The van der Waals surface area contributed by atoms with Gasteiger partial charge in [-0.05, 0) is 20.3 Å². The Morgan fingerprint density at radius 3 is 2.31 bits per heavy atom. The molecule has 0 aromatic rings. The van der Waals surface area contributed by atoms with Gasteiger partial charge in [0, 0.05) is 12.0 Å². The summed E-state index contributed by atoms with van der Waals surface area (Å²) >= 11 is 0. The first-order valence-corrected chi connectivity index (χ1v) is 5.06. The molecule has 2 unspecified atom stereocenters. The van der Waals surface area contributed by atoms with Crippen molar-refractivity contribution >= 4 is 17.8 Å². The Balaban J connectivity index is 2.46. The minimum absolute atomic E-state index is 0.0310. The number of nitrogens with two attached hydrogens (primary N) is 1. The van der Waals surface area contributed by atoms with Gasteiger partial charge in [-0.1, -0.05) is 0 Å². The van der Waals surface area contributed by atoms with Gasteiger partial charge in [0.1, 0.15) is 0 Å². The molecular weight excluding hydrogens is 212 g/mol. The SMILES string of the molecule is CC(C)(CC(N)=O)NC(=O)C1CC1C(=O)O. The maximum absolute atomic E-state index is 11.6. The molecule has 90 valence electrons. The van der Waals surface area contributed by atoms with E-state index in [0.29, 0.717) is 6.42 Å². The molecule has 4 N–H and O–H groups in total. The second kappa shape index (κ2) is 4.11. The van der Waals surface area contributed by atoms with Crippen LogP contribution in [0.4, 0.5) is 0 Å². The van der Waals surface area contributed by atoms with Crippen LogP contribution in [-0.4, -0.2) is 28.4 Å². The highest BCUT2D eigenvalue weighted by atomic mass is 16.4. The molecule has 1 saturated carbocycles. The van der Waals surface area contributed by atoms with Gasteiger partial charge in [0.2, 0.25) is 11.8 Å². The zero-order chi connectivity index (χ0) is 12.5. The lowest BCUT2D eigenvalue weighted by Crippen LogP contribution is -2.47. The molecule has 0 aromatic heterocycles. The number of hydrogen-bond acceptors (Lipinski definition) is 3. The fraction of sp³-hybridized carbons (Fsp3) is 0.700. The molecule has 0 aliphatic heterocycles. The second-order valence-corrected chi connectivity index (χ2v) is 4.80. The van der Waals surface area contributed by atoms with Gasteiger partial charge in [-0.2, -0.15) is 0 Å². The van der Waals surface area contributed by atoms with E-state index >= 15 is 0 Å². The molecule has 6 heteroatoms. The third-order valence-corrected chi connectivity index (χ3v) is 2.52. The minimum atomic E-state index is -0.951. The average Bonchev–Trinajstić information content (AvgIpc) is 2.77. The first kappa shape index (κ1) is 12.5. The molecule has 2 amide bonds. The van der Waals surface area contributed by atoms with Gasteiger partial charge >= 0.3 is 5.97 Å². The molecule has 1 fully saturated rings. The van der Waals surface area contributed by atoms with E-state index in [1.165, 1.54) is 0 Å². The van der Waals surface area contributed by atoms with Crippen molar-refractivity contribution in [1.82, 2.24) is 5.32 Å². The minimum Gasteiger partial charge on any atom is -0.481 e. The lowest BCUT2D eigenvalue weighted by molar-refractivity contribution is -0.140. The van der Waals surface area contributed by atoms with Crippen LogP contribution in [0.15, 0.2) is 0 Å². The highest BCUT2D eigenvalue weighted by Crippen LogP contribution is 2.39. The standard InChI is InChI=1S/C10H16N2O4/c1-10(2,4-7(11)13)12-8(14)5-3-6(5)9(15)16/h5-6H,3-4H2,1-2H3,(H2,11,13)(H,12,14)(H,15,16). The molecule has 0 bridgehead atoms. The molecule has 1 aliphatic rings. The van der Waals surface area contributed by atoms with Gasteiger partial charge in [-0.3, -0.25) is 14.4 Å². The molecule has 0 spiro atoms. The second-order valence-electron chi connectivity index (χ2n) is 4.80. The lowest BCUT2D eigenvalue weighted by Gasteiger charge is -2.24. The van der Waals surface area contributed by atoms with E-state index in [4.69, 9.17) is 10.8 Å². The Kier molecular flexibility index (Phi) is 3.21. The highest BCUT2D eigenvalue weighted by Gasteiger charge is 2.49. The van der Waals surface area contributed by atoms with Gasteiger partial charge in [0.25, 0.3) is 0 Å². The van der Waals surface area contributed by atoms with Crippen molar-refractivity contribution in [2.45, 2.75) is 32.2 Å². The van der Waals surface area contributed by atoms with Crippen LogP contribution >= 0.6 is 0 Å². The largest absolute Gasteiger partial charge is 0.481 e. The van der Waals surface area contributed by atoms with Crippen molar-refractivity contribution in [2.75, 3.05) is 0 Å². The zero-order valence-corrected chi connectivity index (χ0v) is 9.32. The predicted molar refractivity (Wildman–Crippen MR) is 55.3 cm³/mol. The van der Waals surface area contributed by atoms with E-state index in [0.717, 1.165) is 0 Å². The summed E-state index contributed by atoms with van der Waals surface area (Å²) in [5, 5.41) is 11.3. The Labute approximate surface area is 93.2 Å². The summed E-state index contributed by atoms with van der Waals surface area (Å²) in [4.78, 5) is 32.9. The number of rotatable bonds is 5. The summed E-state index contributed by atoms with van der Waals surface area (Å²) in [6.45, 7) is 3.35. The van der Waals surface area contributed by atoms with Gasteiger partial charge in [-0.25, -0.2) is 0 Å². The topological polar surface area (TPSA) is 109 Å². The number of carboxylic acids is 1. The summed E-state index contributed by atoms with van der Waals surface area (Å²) in [5.74, 6) is -2.82. The summed E-state index contributed by atoms with van der Waals surface area (Å²) in [5.41, 5.74) is 4.31. The number of carbonyl (C=O) groups excluding carboxylic acids is 2. The van der Waals surface area contributed by atoms with Gasteiger partial charge in [-0.15, -0.1) is 0 Å². The first-order chi connectivity index (χ1) is 7.23. The van der Waals surface area contributed by atoms with E-state index in [1.54, 1.807) is 13.8 Å². The van der Waals surface area contributed by atoms with Crippen LogP contribution in [0.2, 0.25) is 0 Å². The predicted octanol–water partition coefficient (Wildman–Crippen LogP) is -0.523. The number of aliphatic carboxylic acids is 1. The van der Waals surface area contributed by atoms with Crippen molar-refractivity contribution < 1.29 is 19.5 Å². The summed E-state index contributed by atoms with van der Waals surface area (Å²) in [7, 11) is 0. The van der Waals surface area contributed by atoms with Crippen LogP contribution in [0.5, 0.6) is 0 Å². The third-order valence-electron chi connectivity index (χ3n) is 2.52. The zero-order valence-electron chi connectivity index (χ0n) is 9.32. The maximum atomic E-state index is 11.6. The number of nitrogens with one attached hydrogen (secondary N) is 1. The van der Waals surface area contributed by atoms with Crippen molar-refractivity contribution in [2.24, 2.45) is 17.6 Å². The fourth-order valence-corrected chi connectivity index (χ4v) is 1.66. The van der Waals surface area contributed by atoms with Crippen LogP contribution in [0.1, 0.15) is 26.7 Å². The van der Waals surface area contributed by atoms with Gasteiger partial charge in [0.05, 0.1) is 11.8 Å². The monoisotopic (exact) mass is 228 g/mol. The summed E-state index contributed by atoms with van der Waals surface area (Å²) < 4.78 is 0. The Bertz CT molecular complexity index is 338. The van der Waals surface area contributed by atoms with E-state index in [2.05, 4.69) is 5.32 Å². The number of carboxylic acid groups (broad SMARTS) is 1. The van der Waals surface area contributed by atoms with E-state index < -0.39 is 29.3 Å². The normalized spacial score (nSPS) is 23.6. The van der Waals surface area contributed by atoms with E-state index in [-0.39, 0.29) is 12.3 Å². The number of amides is 2. The quantitative estimate of drug-likeness (QED) is 0.588. The van der Waals surface area contributed by atoms with Crippen LogP contribution in [-0.2, 0) is 14.4 Å². The van der Waals surface area contributed by atoms with Gasteiger partial charge < -0.3 is 16.2 Å². The van der Waals surface area contributed by atoms with Crippen molar-refractivity contribution in [3.8, 4) is 0 Å². The molecule has 6 nitrogen and oxygen atoms in total. The van der Waals surface area contributed by atoms with Crippen LogP contribution in [0.25, 0.3) is 0 Å². The van der Waals surface area contributed by atoms with Crippen molar-refractivity contribution in [3.63, 3.8) is 0 Å². The fourth-order valence-electron chi connectivity index (χ4n) is 1.66. The summed E-state index contributed by atoms with van der Waals surface area (Å²) in [6.07, 6.45) is 0.400. The molecule has 0 aromatic carbocycles. The smallest absolute Gasteiger partial charge is 0.307 e. The molecule has 2 atom stereocenters.